The molecule has 0 saturated heterocycles. The minimum atomic E-state index is 0.771. The summed E-state index contributed by atoms with van der Waals surface area (Å²) in [7, 11) is 0. The Labute approximate surface area is 102 Å². The molecule has 0 bridgehead atoms. The van der Waals surface area contributed by atoms with E-state index in [-0.39, 0.29) is 0 Å². The molecule has 0 atom stereocenters. The third-order valence-corrected chi connectivity index (χ3v) is 2.98. The van der Waals surface area contributed by atoms with Crippen LogP contribution in [-0.2, 0) is 0 Å². The highest BCUT2D eigenvalue weighted by atomic mass is 79.9. The molecule has 0 radical (unpaired) electrons. The lowest BCUT2D eigenvalue weighted by Gasteiger charge is -2.00. The Morgan fingerprint density at radius 3 is 2.44 bits per heavy atom. The van der Waals surface area contributed by atoms with E-state index >= 15 is 0 Å². The third kappa shape index (κ3) is 1.65. The maximum atomic E-state index is 5.48. The highest BCUT2D eigenvalue weighted by molar-refractivity contribution is 9.10. The Morgan fingerprint density at radius 1 is 0.812 bits per heavy atom. The summed E-state index contributed by atoms with van der Waals surface area (Å²) in [6.45, 7) is 0. The Bertz CT molecular complexity index is 626. The molecule has 0 spiro atoms. The fourth-order valence-electron chi connectivity index (χ4n) is 1.82. The van der Waals surface area contributed by atoms with Gasteiger partial charge in [-0.15, -0.1) is 0 Å². The van der Waals surface area contributed by atoms with Gasteiger partial charge >= 0.3 is 0 Å². The third-order valence-electron chi connectivity index (χ3n) is 2.59. The summed E-state index contributed by atoms with van der Waals surface area (Å²) >= 11 is 3.34. The Morgan fingerprint density at radius 2 is 1.62 bits per heavy atom. The van der Waals surface area contributed by atoms with Crippen molar-refractivity contribution in [3.63, 3.8) is 0 Å². The number of hydrogen-bond donors (Lipinski definition) is 0. The van der Waals surface area contributed by atoms with Crippen LogP contribution in [0.3, 0.4) is 0 Å². The lowest BCUT2D eigenvalue weighted by atomic mass is 10.0. The van der Waals surface area contributed by atoms with Gasteiger partial charge in [-0.25, -0.2) is 0 Å². The van der Waals surface area contributed by atoms with Gasteiger partial charge in [-0.3, -0.25) is 0 Å². The van der Waals surface area contributed by atoms with E-state index in [2.05, 4.69) is 40.2 Å². The Hall–Kier alpha value is -1.54. The highest BCUT2D eigenvalue weighted by Gasteiger charge is 2.03. The van der Waals surface area contributed by atoms with Gasteiger partial charge in [0, 0.05) is 5.39 Å². The molecule has 3 aromatic rings. The van der Waals surface area contributed by atoms with E-state index in [4.69, 9.17) is 4.42 Å². The topological polar surface area (TPSA) is 13.1 Å². The lowest BCUT2D eigenvalue weighted by molar-refractivity contribution is 0.587. The van der Waals surface area contributed by atoms with Crippen molar-refractivity contribution in [3.05, 3.63) is 59.3 Å². The van der Waals surface area contributed by atoms with Crippen molar-refractivity contribution in [1.29, 1.82) is 0 Å². The predicted molar refractivity (Wildman–Crippen MR) is 69.4 cm³/mol. The van der Waals surface area contributed by atoms with E-state index in [1.807, 2.05) is 30.3 Å². The molecule has 1 heterocycles. The van der Waals surface area contributed by atoms with Crippen LogP contribution in [0.1, 0.15) is 0 Å². The first-order valence-corrected chi connectivity index (χ1v) is 5.87. The van der Waals surface area contributed by atoms with Crippen LogP contribution < -0.4 is 0 Å². The van der Waals surface area contributed by atoms with E-state index in [0.717, 1.165) is 15.6 Å². The highest BCUT2D eigenvalue weighted by Crippen LogP contribution is 2.28. The van der Waals surface area contributed by atoms with Gasteiger partial charge in [0.1, 0.15) is 5.58 Å². The standard InChI is InChI=1S/C14H9BrO/c15-14-9-12-8-11(6-7-13(12)16-14)10-4-2-1-3-5-10/h1-9H. The molecule has 0 aliphatic carbocycles. The zero-order valence-electron chi connectivity index (χ0n) is 8.48. The second kappa shape index (κ2) is 3.80. The summed E-state index contributed by atoms with van der Waals surface area (Å²) < 4.78 is 6.25. The molecular weight excluding hydrogens is 264 g/mol. The maximum absolute atomic E-state index is 5.48. The van der Waals surface area contributed by atoms with Crippen LogP contribution in [-0.4, -0.2) is 0 Å². The molecule has 0 aliphatic heterocycles. The lowest BCUT2D eigenvalue weighted by Crippen LogP contribution is -1.75. The molecule has 0 unspecified atom stereocenters. The number of hydrogen-bond acceptors (Lipinski definition) is 1. The van der Waals surface area contributed by atoms with Gasteiger partial charge in [0.2, 0.25) is 0 Å². The van der Waals surface area contributed by atoms with Crippen LogP contribution >= 0.6 is 15.9 Å². The molecule has 0 N–H and O–H groups in total. The van der Waals surface area contributed by atoms with Gasteiger partial charge in [-0.2, -0.15) is 0 Å². The number of rotatable bonds is 1. The molecule has 16 heavy (non-hydrogen) atoms. The van der Waals surface area contributed by atoms with E-state index in [0.29, 0.717) is 0 Å². The molecular formula is C14H9BrO. The van der Waals surface area contributed by atoms with Crippen LogP contribution in [0.15, 0.2) is 63.7 Å². The number of fused-ring (bicyclic) bond motifs is 1. The smallest absolute Gasteiger partial charge is 0.170 e. The quantitative estimate of drug-likeness (QED) is 0.617. The first-order chi connectivity index (χ1) is 7.83. The fraction of sp³-hybridized carbons (Fsp3) is 0. The van der Waals surface area contributed by atoms with E-state index < -0.39 is 0 Å². The molecule has 1 aromatic heterocycles. The van der Waals surface area contributed by atoms with Gasteiger partial charge in [0.15, 0.2) is 4.67 Å². The fourth-order valence-corrected chi connectivity index (χ4v) is 2.24. The average Bonchev–Trinajstić information content (AvgIpc) is 2.69. The molecule has 0 saturated carbocycles. The van der Waals surface area contributed by atoms with Crippen molar-refractivity contribution in [2.75, 3.05) is 0 Å². The van der Waals surface area contributed by atoms with Gasteiger partial charge < -0.3 is 4.42 Å². The van der Waals surface area contributed by atoms with Crippen molar-refractivity contribution in [3.8, 4) is 11.1 Å². The molecule has 3 rings (SSSR count). The second-order valence-corrected chi connectivity index (χ2v) is 4.45. The summed E-state index contributed by atoms with van der Waals surface area (Å²) in [5.74, 6) is 0. The van der Waals surface area contributed by atoms with Crippen molar-refractivity contribution >= 4 is 26.9 Å². The summed E-state index contributed by atoms with van der Waals surface area (Å²) in [5, 5.41) is 1.12. The van der Waals surface area contributed by atoms with Crippen LogP contribution in [0.2, 0.25) is 0 Å². The first-order valence-electron chi connectivity index (χ1n) is 5.07. The average molecular weight is 273 g/mol. The minimum Gasteiger partial charge on any atom is -0.449 e. The molecule has 78 valence electrons. The van der Waals surface area contributed by atoms with Crippen LogP contribution in [0.5, 0.6) is 0 Å². The largest absolute Gasteiger partial charge is 0.449 e. The number of halogens is 1. The predicted octanol–water partition coefficient (Wildman–Crippen LogP) is 4.86. The van der Waals surface area contributed by atoms with E-state index in [9.17, 15) is 0 Å². The van der Waals surface area contributed by atoms with E-state index in [1.165, 1.54) is 11.1 Å². The van der Waals surface area contributed by atoms with Gasteiger partial charge in [-0.1, -0.05) is 36.4 Å². The zero-order chi connectivity index (χ0) is 11.0. The van der Waals surface area contributed by atoms with Crippen molar-refractivity contribution in [2.45, 2.75) is 0 Å². The summed E-state index contributed by atoms with van der Waals surface area (Å²) in [6.07, 6.45) is 0. The first kappa shape index (κ1) is 9.67. The van der Waals surface area contributed by atoms with E-state index in [1.54, 1.807) is 0 Å². The Balaban J connectivity index is 2.18. The van der Waals surface area contributed by atoms with Gasteiger partial charge in [0.05, 0.1) is 0 Å². The molecule has 0 amide bonds. The van der Waals surface area contributed by atoms with Crippen molar-refractivity contribution in [1.82, 2.24) is 0 Å². The molecule has 0 aliphatic rings. The second-order valence-electron chi connectivity index (χ2n) is 3.67. The Kier molecular flexibility index (Phi) is 2.29. The molecule has 2 aromatic carbocycles. The van der Waals surface area contributed by atoms with Gasteiger partial charge in [-0.05, 0) is 45.3 Å². The summed E-state index contributed by atoms with van der Waals surface area (Å²) in [6, 6.07) is 18.5. The summed E-state index contributed by atoms with van der Waals surface area (Å²) in [5.41, 5.74) is 3.34. The van der Waals surface area contributed by atoms with Gasteiger partial charge in [0.25, 0.3) is 0 Å². The van der Waals surface area contributed by atoms with Crippen LogP contribution in [0, 0.1) is 0 Å². The van der Waals surface area contributed by atoms with Crippen molar-refractivity contribution < 1.29 is 4.42 Å². The number of furan rings is 1. The SMILES string of the molecule is Brc1cc2cc(-c3ccccc3)ccc2o1. The molecule has 0 fully saturated rings. The summed E-state index contributed by atoms with van der Waals surface area (Å²) in [4.78, 5) is 0. The number of benzene rings is 2. The minimum absolute atomic E-state index is 0.771. The van der Waals surface area contributed by atoms with Crippen LogP contribution in [0.25, 0.3) is 22.1 Å². The normalized spacial score (nSPS) is 10.8. The monoisotopic (exact) mass is 272 g/mol. The van der Waals surface area contributed by atoms with Crippen molar-refractivity contribution in [2.24, 2.45) is 0 Å². The molecule has 2 heteroatoms. The molecule has 1 nitrogen and oxygen atoms in total. The zero-order valence-corrected chi connectivity index (χ0v) is 10.1. The van der Waals surface area contributed by atoms with Crippen LogP contribution in [0.4, 0.5) is 0 Å². The maximum Gasteiger partial charge on any atom is 0.170 e.